The lowest BCUT2D eigenvalue weighted by atomic mass is 10.1. The Morgan fingerprint density at radius 1 is 0.833 bits per heavy atom. The van der Waals surface area contributed by atoms with Crippen LogP contribution in [0.5, 0.6) is 0 Å². The molecule has 12 heavy (non-hydrogen) atoms. The molecule has 0 N–H and O–H groups in total. The number of carbonyl (C=O) groups excluding carboxylic acids is 1. The van der Waals surface area contributed by atoms with Gasteiger partial charge in [0.15, 0.2) is 6.29 Å². The molecule has 0 amide bonds. The number of unbranched alkanes of at least 4 members (excludes halogenated alkanes) is 8. The molecule has 0 atom stereocenters. The second kappa shape index (κ2) is 10.7. The molecule has 0 aliphatic heterocycles. The van der Waals surface area contributed by atoms with Gasteiger partial charge in [0.1, 0.15) is 0 Å². The molecular formula is C11H21O. The van der Waals surface area contributed by atoms with Gasteiger partial charge in [0, 0.05) is 6.42 Å². The Hall–Kier alpha value is -0.330. The van der Waals surface area contributed by atoms with E-state index in [-0.39, 0.29) is 0 Å². The summed E-state index contributed by atoms with van der Waals surface area (Å²) in [6.45, 7) is 2.24. The maximum atomic E-state index is 9.85. The van der Waals surface area contributed by atoms with Gasteiger partial charge >= 0.3 is 0 Å². The molecule has 0 bridgehead atoms. The first kappa shape index (κ1) is 11.7. The molecule has 1 heteroatoms. The minimum Gasteiger partial charge on any atom is -0.291 e. The van der Waals surface area contributed by atoms with Crippen molar-refractivity contribution in [1.82, 2.24) is 0 Å². The minimum atomic E-state index is 0.634. The van der Waals surface area contributed by atoms with Crippen LogP contribution in [0.3, 0.4) is 0 Å². The molecule has 0 fully saturated rings. The molecule has 0 aromatic heterocycles. The number of hydrogen-bond donors (Lipinski definition) is 0. The lowest BCUT2D eigenvalue weighted by Gasteiger charge is -1.98. The van der Waals surface area contributed by atoms with Crippen molar-refractivity contribution in [3.8, 4) is 0 Å². The van der Waals surface area contributed by atoms with Gasteiger partial charge in [0.2, 0.25) is 0 Å². The first-order valence-electron chi connectivity index (χ1n) is 5.26. The van der Waals surface area contributed by atoms with E-state index < -0.39 is 0 Å². The van der Waals surface area contributed by atoms with E-state index in [1.165, 1.54) is 44.9 Å². The lowest BCUT2D eigenvalue weighted by molar-refractivity contribution is 0.539. The van der Waals surface area contributed by atoms with Gasteiger partial charge in [0.25, 0.3) is 0 Å². The molecule has 0 saturated heterocycles. The fourth-order valence-corrected chi connectivity index (χ4v) is 1.33. The Kier molecular flexibility index (Phi) is 10.4. The Balaban J connectivity index is 2.77. The van der Waals surface area contributed by atoms with E-state index in [0.717, 1.165) is 6.42 Å². The van der Waals surface area contributed by atoms with Crippen molar-refractivity contribution in [2.45, 2.75) is 64.7 Å². The highest BCUT2D eigenvalue weighted by molar-refractivity contribution is 5.50. The van der Waals surface area contributed by atoms with Crippen molar-refractivity contribution < 1.29 is 4.79 Å². The summed E-state index contributed by atoms with van der Waals surface area (Å²) in [6.07, 6.45) is 12.9. The highest BCUT2D eigenvalue weighted by Crippen LogP contribution is 2.08. The summed E-state index contributed by atoms with van der Waals surface area (Å²) in [5, 5.41) is 0. The molecule has 0 aromatic rings. The third-order valence-corrected chi connectivity index (χ3v) is 2.13. The van der Waals surface area contributed by atoms with Gasteiger partial charge in [-0.15, -0.1) is 0 Å². The molecule has 1 nitrogen and oxygen atoms in total. The summed E-state index contributed by atoms with van der Waals surface area (Å²) < 4.78 is 0. The predicted octanol–water partition coefficient (Wildman–Crippen LogP) is 3.63. The zero-order chi connectivity index (χ0) is 9.07. The normalized spacial score (nSPS) is 10.1. The van der Waals surface area contributed by atoms with Gasteiger partial charge < -0.3 is 0 Å². The van der Waals surface area contributed by atoms with Crippen molar-refractivity contribution in [1.29, 1.82) is 0 Å². The Morgan fingerprint density at radius 2 is 1.33 bits per heavy atom. The Bertz CT molecular complexity index is 89.0. The van der Waals surface area contributed by atoms with Crippen molar-refractivity contribution >= 4 is 6.29 Å². The smallest absolute Gasteiger partial charge is 0.198 e. The standard InChI is InChI=1S/C11H21O/c1-2-3-4-5-6-7-8-9-10-11-12/h2-10H2,1H3. The third kappa shape index (κ3) is 9.67. The van der Waals surface area contributed by atoms with Crippen LogP contribution in [0.4, 0.5) is 0 Å². The molecule has 0 heterocycles. The molecule has 71 valence electrons. The van der Waals surface area contributed by atoms with E-state index in [4.69, 9.17) is 0 Å². The SMILES string of the molecule is CCCCCCCCCC[C]=O. The summed E-state index contributed by atoms with van der Waals surface area (Å²) in [6, 6.07) is 0. The van der Waals surface area contributed by atoms with Crippen LogP contribution < -0.4 is 0 Å². The molecule has 1 radical (unpaired) electrons. The van der Waals surface area contributed by atoms with E-state index in [1.54, 1.807) is 0 Å². The molecule has 0 unspecified atom stereocenters. The van der Waals surface area contributed by atoms with E-state index in [1.807, 2.05) is 6.29 Å². The first-order chi connectivity index (χ1) is 5.91. The third-order valence-electron chi connectivity index (χ3n) is 2.13. The first-order valence-corrected chi connectivity index (χ1v) is 5.26. The fraction of sp³-hybridized carbons (Fsp3) is 0.909. The van der Waals surface area contributed by atoms with Crippen LogP contribution in [0.15, 0.2) is 0 Å². The van der Waals surface area contributed by atoms with Crippen molar-refractivity contribution in [2.75, 3.05) is 0 Å². The molecule has 0 aliphatic rings. The summed E-state index contributed by atoms with van der Waals surface area (Å²) in [4.78, 5) is 9.85. The summed E-state index contributed by atoms with van der Waals surface area (Å²) >= 11 is 0. The summed E-state index contributed by atoms with van der Waals surface area (Å²) in [5.74, 6) is 0. The summed E-state index contributed by atoms with van der Waals surface area (Å²) in [7, 11) is 0. The molecule has 0 saturated carbocycles. The molecule has 0 rings (SSSR count). The van der Waals surface area contributed by atoms with Crippen LogP contribution in [0.1, 0.15) is 64.7 Å². The van der Waals surface area contributed by atoms with Crippen LogP contribution in [-0.4, -0.2) is 6.29 Å². The monoisotopic (exact) mass is 169 g/mol. The topological polar surface area (TPSA) is 17.1 Å². The zero-order valence-electron chi connectivity index (χ0n) is 8.27. The highest BCUT2D eigenvalue weighted by Gasteiger charge is 1.90. The van der Waals surface area contributed by atoms with E-state index in [9.17, 15) is 4.79 Å². The van der Waals surface area contributed by atoms with Crippen LogP contribution >= 0.6 is 0 Å². The largest absolute Gasteiger partial charge is 0.291 e. The van der Waals surface area contributed by atoms with Crippen LogP contribution in [0.25, 0.3) is 0 Å². The number of hydrogen-bond acceptors (Lipinski definition) is 1. The second-order valence-corrected chi connectivity index (χ2v) is 3.37. The molecule has 0 spiro atoms. The maximum absolute atomic E-state index is 9.85. The van der Waals surface area contributed by atoms with Crippen molar-refractivity contribution in [3.05, 3.63) is 0 Å². The van der Waals surface area contributed by atoms with Crippen molar-refractivity contribution in [2.24, 2.45) is 0 Å². The molecule has 0 aliphatic carbocycles. The Morgan fingerprint density at radius 3 is 1.83 bits per heavy atom. The van der Waals surface area contributed by atoms with E-state index in [0.29, 0.717) is 6.42 Å². The van der Waals surface area contributed by atoms with Gasteiger partial charge in [-0.2, -0.15) is 0 Å². The lowest BCUT2D eigenvalue weighted by Crippen LogP contribution is -1.81. The average molecular weight is 169 g/mol. The van der Waals surface area contributed by atoms with Crippen molar-refractivity contribution in [3.63, 3.8) is 0 Å². The second-order valence-electron chi connectivity index (χ2n) is 3.37. The Labute approximate surface area is 76.6 Å². The van der Waals surface area contributed by atoms with Crippen LogP contribution in [0, 0.1) is 0 Å². The van der Waals surface area contributed by atoms with Gasteiger partial charge in [0.05, 0.1) is 0 Å². The van der Waals surface area contributed by atoms with Crippen LogP contribution in [-0.2, 0) is 4.79 Å². The van der Waals surface area contributed by atoms with Gasteiger partial charge in [-0.1, -0.05) is 51.9 Å². The minimum absolute atomic E-state index is 0.634. The fourth-order valence-electron chi connectivity index (χ4n) is 1.33. The number of rotatable bonds is 9. The quantitative estimate of drug-likeness (QED) is 0.482. The maximum Gasteiger partial charge on any atom is 0.198 e. The molecule has 0 aromatic carbocycles. The predicted molar refractivity (Wildman–Crippen MR) is 52.9 cm³/mol. The summed E-state index contributed by atoms with van der Waals surface area (Å²) in [5.41, 5.74) is 0. The van der Waals surface area contributed by atoms with Gasteiger partial charge in [-0.3, -0.25) is 4.79 Å². The van der Waals surface area contributed by atoms with Gasteiger partial charge in [-0.25, -0.2) is 0 Å². The highest BCUT2D eigenvalue weighted by atomic mass is 16.1. The average Bonchev–Trinajstić information content (AvgIpc) is 2.10. The van der Waals surface area contributed by atoms with Crippen LogP contribution in [0.2, 0.25) is 0 Å². The molecular weight excluding hydrogens is 148 g/mol. The van der Waals surface area contributed by atoms with E-state index in [2.05, 4.69) is 6.92 Å². The van der Waals surface area contributed by atoms with E-state index >= 15 is 0 Å². The zero-order valence-corrected chi connectivity index (χ0v) is 8.27. The van der Waals surface area contributed by atoms with Gasteiger partial charge in [-0.05, 0) is 6.42 Å².